The van der Waals surface area contributed by atoms with Crippen LogP contribution in [0.2, 0.25) is 0 Å². The summed E-state index contributed by atoms with van der Waals surface area (Å²) in [5, 5.41) is 0. The van der Waals surface area contributed by atoms with Crippen LogP contribution in [0.4, 0.5) is 0 Å². The van der Waals surface area contributed by atoms with E-state index in [1.165, 1.54) is 37.9 Å². The van der Waals surface area contributed by atoms with Crippen molar-refractivity contribution in [3.8, 4) is 0 Å². The van der Waals surface area contributed by atoms with Crippen LogP contribution in [-0.2, 0) is 4.74 Å². The molecule has 0 aromatic rings. The first-order valence-electron chi connectivity index (χ1n) is 6.93. The van der Waals surface area contributed by atoms with E-state index in [9.17, 15) is 0 Å². The van der Waals surface area contributed by atoms with Crippen LogP contribution in [0.3, 0.4) is 0 Å². The Morgan fingerprint density at radius 2 is 2.24 bits per heavy atom. The molecule has 0 spiro atoms. The van der Waals surface area contributed by atoms with Gasteiger partial charge in [0.25, 0.3) is 0 Å². The van der Waals surface area contributed by atoms with Crippen LogP contribution in [0.5, 0.6) is 0 Å². The maximum atomic E-state index is 5.97. The third kappa shape index (κ3) is 3.37. The van der Waals surface area contributed by atoms with Crippen molar-refractivity contribution in [2.24, 2.45) is 5.73 Å². The lowest BCUT2D eigenvalue weighted by molar-refractivity contribution is -0.101. The summed E-state index contributed by atoms with van der Waals surface area (Å²) < 4.78 is 5.92. The third-order valence-corrected chi connectivity index (χ3v) is 4.82. The maximum absolute atomic E-state index is 5.97. The molecule has 0 amide bonds. The minimum absolute atomic E-state index is 0.487. The summed E-state index contributed by atoms with van der Waals surface area (Å²) in [6, 6.07) is 1.21. The normalized spacial score (nSPS) is 32.1. The van der Waals surface area contributed by atoms with Crippen molar-refractivity contribution in [3.63, 3.8) is 0 Å². The Hall–Kier alpha value is 0.230. The fraction of sp³-hybridized carbons (Fsp3) is 1.00. The molecule has 1 heterocycles. The molecule has 0 aromatic heterocycles. The first-order valence-corrected chi connectivity index (χ1v) is 8.32. The zero-order chi connectivity index (χ0) is 12.1. The Labute approximate surface area is 109 Å². The van der Waals surface area contributed by atoms with E-state index in [0.29, 0.717) is 18.2 Å². The van der Waals surface area contributed by atoms with Gasteiger partial charge in [-0.05, 0) is 31.3 Å². The van der Waals surface area contributed by atoms with Crippen LogP contribution in [-0.4, -0.2) is 54.8 Å². The highest BCUT2D eigenvalue weighted by atomic mass is 32.2. The van der Waals surface area contributed by atoms with Crippen LogP contribution in [0, 0.1) is 0 Å². The van der Waals surface area contributed by atoms with E-state index in [4.69, 9.17) is 10.5 Å². The van der Waals surface area contributed by atoms with Crippen molar-refractivity contribution in [1.29, 1.82) is 0 Å². The van der Waals surface area contributed by atoms with Crippen molar-refractivity contribution in [2.45, 2.75) is 50.3 Å². The molecule has 3 unspecified atom stereocenters. The Morgan fingerprint density at radius 3 is 3.00 bits per heavy atom. The van der Waals surface area contributed by atoms with Gasteiger partial charge in [0.15, 0.2) is 0 Å². The van der Waals surface area contributed by atoms with Crippen molar-refractivity contribution < 1.29 is 4.74 Å². The van der Waals surface area contributed by atoms with Crippen LogP contribution in [0.15, 0.2) is 0 Å². The lowest BCUT2D eigenvalue weighted by atomic mass is 9.89. The number of hydrogen-bond acceptors (Lipinski definition) is 4. The van der Waals surface area contributed by atoms with Gasteiger partial charge >= 0.3 is 0 Å². The highest BCUT2D eigenvalue weighted by Gasteiger charge is 2.36. The van der Waals surface area contributed by atoms with Gasteiger partial charge in [0.05, 0.1) is 12.7 Å². The Bertz CT molecular complexity index is 225. The fourth-order valence-electron chi connectivity index (χ4n) is 3.25. The Kier molecular flexibility index (Phi) is 5.60. The number of morpholine rings is 1. The van der Waals surface area contributed by atoms with E-state index in [1.54, 1.807) is 0 Å². The predicted molar refractivity (Wildman–Crippen MR) is 74.5 cm³/mol. The molecule has 3 nitrogen and oxygen atoms in total. The van der Waals surface area contributed by atoms with E-state index in [-0.39, 0.29) is 0 Å². The Morgan fingerprint density at radius 1 is 1.41 bits per heavy atom. The number of nitrogens with zero attached hydrogens (tertiary/aromatic N) is 1. The molecule has 3 atom stereocenters. The summed E-state index contributed by atoms with van der Waals surface area (Å²) >= 11 is 1.93. The van der Waals surface area contributed by atoms with E-state index in [0.717, 1.165) is 19.7 Å². The SMILES string of the molecule is CSCCC(CN)N1CCOC2CCCCC21. The van der Waals surface area contributed by atoms with Crippen LogP contribution < -0.4 is 5.73 Å². The van der Waals surface area contributed by atoms with E-state index in [2.05, 4.69) is 11.2 Å². The molecule has 0 bridgehead atoms. The molecule has 1 saturated carbocycles. The number of hydrogen-bond donors (Lipinski definition) is 1. The van der Waals surface area contributed by atoms with Gasteiger partial charge in [0, 0.05) is 25.2 Å². The van der Waals surface area contributed by atoms with E-state index in [1.807, 2.05) is 11.8 Å². The molecule has 2 N–H and O–H groups in total. The minimum atomic E-state index is 0.487. The lowest BCUT2D eigenvalue weighted by Gasteiger charge is -2.47. The molecule has 1 aliphatic heterocycles. The smallest absolute Gasteiger partial charge is 0.0731 e. The average molecular weight is 258 g/mol. The van der Waals surface area contributed by atoms with Crippen molar-refractivity contribution >= 4 is 11.8 Å². The molecule has 100 valence electrons. The third-order valence-electron chi connectivity index (χ3n) is 4.17. The molecule has 2 aliphatic rings. The fourth-order valence-corrected chi connectivity index (χ4v) is 3.76. The summed E-state index contributed by atoms with van der Waals surface area (Å²) in [4.78, 5) is 2.66. The first kappa shape index (κ1) is 13.7. The second kappa shape index (κ2) is 6.98. The molecule has 17 heavy (non-hydrogen) atoms. The summed E-state index contributed by atoms with van der Waals surface area (Å²) in [6.45, 7) is 2.78. The van der Waals surface area contributed by atoms with Gasteiger partial charge < -0.3 is 10.5 Å². The molecule has 1 saturated heterocycles. The first-order chi connectivity index (χ1) is 8.36. The van der Waals surface area contributed by atoms with Gasteiger partial charge in [0.2, 0.25) is 0 Å². The van der Waals surface area contributed by atoms with Gasteiger partial charge in [0.1, 0.15) is 0 Å². The number of thioether (sulfide) groups is 1. The molecule has 4 heteroatoms. The molecule has 2 fully saturated rings. The van der Waals surface area contributed by atoms with Gasteiger partial charge in [-0.25, -0.2) is 0 Å². The topological polar surface area (TPSA) is 38.5 Å². The standard InChI is InChI=1S/C13H26N2OS/c1-17-9-6-11(10-14)15-7-8-16-13-5-3-2-4-12(13)15/h11-13H,2-10,14H2,1H3. The average Bonchev–Trinajstić information content (AvgIpc) is 2.40. The summed E-state index contributed by atoms with van der Waals surface area (Å²) in [5.41, 5.74) is 5.97. The highest BCUT2D eigenvalue weighted by Crippen LogP contribution is 2.30. The van der Waals surface area contributed by atoms with E-state index < -0.39 is 0 Å². The molecule has 1 aliphatic carbocycles. The van der Waals surface area contributed by atoms with E-state index >= 15 is 0 Å². The predicted octanol–water partition coefficient (Wildman–Crippen LogP) is 1.71. The zero-order valence-electron chi connectivity index (χ0n) is 10.9. The highest BCUT2D eigenvalue weighted by molar-refractivity contribution is 7.98. The summed E-state index contributed by atoms with van der Waals surface area (Å²) in [6.07, 6.45) is 9.15. The Balaban J connectivity index is 1.95. The zero-order valence-corrected chi connectivity index (χ0v) is 11.8. The van der Waals surface area contributed by atoms with Crippen molar-refractivity contribution in [1.82, 2.24) is 4.90 Å². The van der Waals surface area contributed by atoms with Crippen molar-refractivity contribution in [2.75, 3.05) is 31.7 Å². The lowest BCUT2D eigenvalue weighted by Crippen LogP contribution is -2.58. The molecule has 0 aromatic carbocycles. The van der Waals surface area contributed by atoms with Crippen LogP contribution in [0.1, 0.15) is 32.1 Å². The molecular weight excluding hydrogens is 232 g/mol. The van der Waals surface area contributed by atoms with Gasteiger partial charge in [-0.2, -0.15) is 11.8 Å². The number of fused-ring (bicyclic) bond motifs is 1. The van der Waals surface area contributed by atoms with Crippen molar-refractivity contribution in [3.05, 3.63) is 0 Å². The van der Waals surface area contributed by atoms with Gasteiger partial charge in [-0.15, -0.1) is 0 Å². The second-order valence-electron chi connectivity index (χ2n) is 5.17. The quantitative estimate of drug-likeness (QED) is 0.815. The second-order valence-corrected chi connectivity index (χ2v) is 6.16. The molecular formula is C13H26N2OS. The maximum Gasteiger partial charge on any atom is 0.0731 e. The largest absolute Gasteiger partial charge is 0.375 e. The minimum Gasteiger partial charge on any atom is -0.375 e. The van der Waals surface area contributed by atoms with Gasteiger partial charge in [-0.3, -0.25) is 4.90 Å². The van der Waals surface area contributed by atoms with Crippen LogP contribution in [0.25, 0.3) is 0 Å². The number of rotatable bonds is 5. The number of nitrogens with two attached hydrogens (primary N) is 1. The van der Waals surface area contributed by atoms with Gasteiger partial charge in [-0.1, -0.05) is 12.8 Å². The monoisotopic (exact) mass is 258 g/mol. The summed E-state index contributed by atoms with van der Waals surface area (Å²) in [5.74, 6) is 1.22. The molecule has 0 radical (unpaired) electrons. The molecule has 2 rings (SSSR count). The number of ether oxygens (including phenoxy) is 1. The summed E-state index contributed by atoms with van der Waals surface area (Å²) in [7, 11) is 0. The van der Waals surface area contributed by atoms with Crippen LogP contribution >= 0.6 is 11.8 Å².